The SMILES string of the molecule is CCc1ccc2c(F)c(-c3ccc(-c4ccc(F)c(F)c4)cc3)ccc2c1. The molecule has 0 bridgehead atoms. The molecule has 0 nitrogen and oxygen atoms in total. The fourth-order valence-corrected chi connectivity index (χ4v) is 3.30. The van der Waals surface area contributed by atoms with Crippen molar-refractivity contribution in [2.45, 2.75) is 13.3 Å². The van der Waals surface area contributed by atoms with Crippen molar-refractivity contribution >= 4 is 10.8 Å². The van der Waals surface area contributed by atoms with Gasteiger partial charge in [-0.05, 0) is 46.2 Å². The molecule has 4 aromatic carbocycles. The number of hydrogen-bond donors (Lipinski definition) is 0. The highest BCUT2D eigenvalue weighted by Crippen LogP contribution is 2.31. The van der Waals surface area contributed by atoms with E-state index in [-0.39, 0.29) is 5.82 Å². The van der Waals surface area contributed by atoms with Crippen LogP contribution < -0.4 is 0 Å². The average Bonchev–Trinajstić information content (AvgIpc) is 2.70. The van der Waals surface area contributed by atoms with Gasteiger partial charge in [0, 0.05) is 10.9 Å². The number of benzene rings is 4. The van der Waals surface area contributed by atoms with Crippen LogP contribution >= 0.6 is 0 Å². The predicted octanol–water partition coefficient (Wildman–Crippen LogP) is 7.15. The zero-order chi connectivity index (χ0) is 19.0. The molecule has 0 aliphatic carbocycles. The smallest absolute Gasteiger partial charge is 0.159 e. The maximum Gasteiger partial charge on any atom is 0.159 e. The minimum Gasteiger partial charge on any atom is -0.206 e. The fourth-order valence-electron chi connectivity index (χ4n) is 3.30. The maximum absolute atomic E-state index is 15.0. The van der Waals surface area contributed by atoms with Crippen LogP contribution in [0.2, 0.25) is 0 Å². The molecular weight excluding hydrogens is 345 g/mol. The third kappa shape index (κ3) is 3.21. The molecule has 0 aliphatic heterocycles. The van der Waals surface area contributed by atoms with E-state index in [0.29, 0.717) is 16.5 Å². The third-order valence-corrected chi connectivity index (χ3v) is 4.88. The molecule has 0 spiro atoms. The van der Waals surface area contributed by atoms with Crippen molar-refractivity contribution in [1.29, 1.82) is 0 Å². The lowest BCUT2D eigenvalue weighted by atomic mass is 9.96. The molecule has 0 N–H and O–H groups in total. The van der Waals surface area contributed by atoms with Gasteiger partial charge in [-0.15, -0.1) is 0 Å². The van der Waals surface area contributed by atoms with Crippen LogP contribution in [0, 0.1) is 17.5 Å². The molecule has 0 aliphatic rings. The highest BCUT2D eigenvalue weighted by atomic mass is 19.2. The standard InChI is InChI=1S/C24H17F3/c1-2-15-3-10-21-19(13-15)8-11-20(24(21)27)17-6-4-16(5-7-17)18-9-12-22(25)23(26)14-18/h3-14H,2H2,1H3. The molecule has 4 rings (SSSR count). The summed E-state index contributed by atoms with van der Waals surface area (Å²) in [5.74, 6) is -2.01. The highest BCUT2D eigenvalue weighted by Gasteiger charge is 2.11. The molecule has 0 saturated carbocycles. The van der Waals surface area contributed by atoms with Gasteiger partial charge in [-0.1, -0.05) is 67.6 Å². The number of rotatable bonds is 3. The first-order valence-electron chi connectivity index (χ1n) is 8.84. The summed E-state index contributed by atoms with van der Waals surface area (Å²) in [7, 11) is 0. The summed E-state index contributed by atoms with van der Waals surface area (Å²) < 4.78 is 41.6. The van der Waals surface area contributed by atoms with Crippen LogP contribution in [0.1, 0.15) is 12.5 Å². The van der Waals surface area contributed by atoms with Crippen molar-refractivity contribution in [3.63, 3.8) is 0 Å². The van der Waals surface area contributed by atoms with Crippen LogP contribution in [0.25, 0.3) is 33.0 Å². The Hall–Kier alpha value is -3.07. The van der Waals surface area contributed by atoms with E-state index in [1.54, 1.807) is 30.3 Å². The van der Waals surface area contributed by atoms with Crippen molar-refractivity contribution in [2.75, 3.05) is 0 Å². The summed E-state index contributed by atoms with van der Waals surface area (Å²) in [6.45, 7) is 2.07. The highest BCUT2D eigenvalue weighted by molar-refractivity contribution is 5.89. The molecule has 0 amide bonds. The maximum atomic E-state index is 15.0. The van der Waals surface area contributed by atoms with E-state index in [2.05, 4.69) is 6.92 Å². The van der Waals surface area contributed by atoms with Gasteiger partial charge >= 0.3 is 0 Å². The minimum absolute atomic E-state index is 0.254. The van der Waals surface area contributed by atoms with E-state index in [0.717, 1.165) is 35.1 Å². The fraction of sp³-hybridized carbons (Fsp3) is 0.0833. The lowest BCUT2D eigenvalue weighted by Gasteiger charge is -2.09. The molecule has 27 heavy (non-hydrogen) atoms. The predicted molar refractivity (Wildman–Crippen MR) is 104 cm³/mol. The first-order valence-corrected chi connectivity index (χ1v) is 8.84. The number of fused-ring (bicyclic) bond motifs is 1. The first kappa shape index (κ1) is 17.3. The largest absolute Gasteiger partial charge is 0.206 e. The van der Waals surface area contributed by atoms with Crippen molar-refractivity contribution in [3.8, 4) is 22.3 Å². The summed E-state index contributed by atoms with van der Waals surface area (Å²) in [6.07, 6.45) is 0.907. The second-order valence-corrected chi connectivity index (χ2v) is 6.54. The molecule has 0 radical (unpaired) electrons. The Kier molecular flexibility index (Phi) is 4.44. The van der Waals surface area contributed by atoms with Gasteiger partial charge in [0.1, 0.15) is 5.82 Å². The Bertz CT molecular complexity index is 1130. The molecule has 0 aromatic heterocycles. The van der Waals surface area contributed by atoms with Crippen LogP contribution in [-0.4, -0.2) is 0 Å². The van der Waals surface area contributed by atoms with Crippen molar-refractivity contribution < 1.29 is 13.2 Å². The second kappa shape index (κ2) is 6.92. The van der Waals surface area contributed by atoms with Gasteiger partial charge in [0.25, 0.3) is 0 Å². The van der Waals surface area contributed by atoms with Crippen molar-refractivity contribution in [2.24, 2.45) is 0 Å². The number of halogens is 3. The monoisotopic (exact) mass is 362 g/mol. The van der Waals surface area contributed by atoms with E-state index in [9.17, 15) is 8.78 Å². The first-order chi connectivity index (χ1) is 13.1. The molecule has 134 valence electrons. The lowest BCUT2D eigenvalue weighted by molar-refractivity contribution is 0.509. The quantitative estimate of drug-likeness (QED) is 0.363. The van der Waals surface area contributed by atoms with E-state index in [1.165, 1.54) is 11.6 Å². The summed E-state index contributed by atoms with van der Waals surface area (Å²) in [5, 5.41) is 1.48. The number of hydrogen-bond acceptors (Lipinski definition) is 0. The van der Waals surface area contributed by atoms with Crippen molar-refractivity contribution in [1.82, 2.24) is 0 Å². The Labute approximate surface area is 155 Å². The van der Waals surface area contributed by atoms with E-state index < -0.39 is 11.6 Å². The topological polar surface area (TPSA) is 0 Å². The van der Waals surface area contributed by atoms with Crippen LogP contribution in [0.15, 0.2) is 72.8 Å². The normalized spacial score (nSPS) is 11.1. The summed E-state index contributed by atoms with van der Waals surface area (Å²) in [6, 6.07) is 20.4. The van der Waals surface area contributed by atoms with E-state index in [4.69, 9.17) is 0 Å². The Morgan fingerprint density at radius 1 is 0.630 bits per heavy atom. The van der Waals surface area contributed by atoms with Gasteiger partial charge in [-0.3, -0.25) is 0 Å². The third-order valence-electron chi connectivity index (χ3n) is 4.88. The zero-order valence-corrected chi connectivity index (χ0v) is 14.8. The van der Waals surface area contributed by atoms with Gasteiger partial charge in [0.05, 0.1) is 0 Å². The summed E-state index contributed by atoms with van der Waals surface area (Å²) in [4.78, 5) is 0. The molecule has 0 unspecified atom stereocenters. The van der Waals surface area contributed by atoms with Crippen LogP contribution in [0.5, 0.6) is 0 Å². The van der Waals surface area contributed by atoms with Gasteiger partial charge in [-0.2, -0.15) is 0 Å². The molecule has 0 fully saturated rings. The Balaban J connectivity index is 1.73. The van der Waals surface area contributed by atoms with Crippen LogP contribution in [0.3, 0.4) is 0 Å². The van der Waals surface area contributed by atoms with E-state index >= 15 is 4.39 Å². The van der Waals surface area contributed by atoms with Gasteiger partial charge in [0.15, 0.2) is 11.6 Å². The van der Waals surface area contributed by atoms with Crippen LogP contribution in [-0.2, 0) is 6.42 Å². The molecule has 3 heteroatoms. The Morgan fingerprint density at radius 2 is 1.33 bits per heavy atom. The summed E-state index contributed by atoms with van der Waals surface area (Å²) in [5.41, 5.74) is 3.74. The summed E-state index contributed by atoms with van der Waals surface area (Å²) >= 11 is 0. The molecule has 0 saturated heterocycles. The average molecular weight is 362 g/mol. The van der Waals surface area contributed by atoms with Gasteiger partial charge < -0.3 is 0 Å². The second-order valence-electron chi connectivity index (χ2n) is 6.54. The molecule has 0 atom stereocenters. The number of aryl methyl sites for hydroxylation is 1. The Morgan fingerprint density at radius 3 is 2.04 bits per heavy atom. The van der Waals surface area contributed by atoms with Crippen LogP contribution in [0.4, 0.5) is 13.2 Å². The van der Waals surface area contributed by atoms with E-state index in [1.807, 2.05) is 24.3 Å². The molecule has 4 aromatic rings. The van der Waals surface area contributed by atoms with Gasteiger partial charge in [0.2, 0.25) is 0 Å². The molecular formula is C24H17F3. The van der Waals surface area contributed by atoms with Crippen molar-refractivity contribution in [3.05, 3.63) is 95.8 Å². The molecule has 0 heterocycles. The zero-order valence-electron chi connectivity index (χ0n) is 14.8. The lowest BCUT2D eigenvalue weighted by Crippen LogP contribution is -1.89. The van der Waals surface area contributed by atoms with Gasteiger partial charge in [-0.25, -0.2) is 13.2 Å². The minimum atomic E-state index is -0.886.